The Hall–Kier alpha value is -0.0400. The topological polar surface area (TPSA) is 20.2 Å². The quantitative estimate of drug-likeness (QED) is 0.148. The standard InChI is InChI=1S/C28H58O/c1-3-4-5-6-7-8-9-10-11-12-13-14-15-16-17-18-19-20-21-22-23-24-25-26-27-28(2)29/h28-29H,3-27H2,1-2H3. The van der Waals surface area contributed by atoms with Crippen LogP contribution in [0.15, 0.2) is 0 Å². The van der Waals surface area contributed by atoms with E-state index in [4.69, 9.17) is 0 Å². The molecule has 0 fully saturated rings. The van der Waals surface area contributed by atoms with Crippen LogP contribution in [-0.4, -0.2) is 11.2 Å². The van der Waals surface area contributed by atoms with E-state index in [1.54, 1.807) is 0 Å². The van der Waals surface area contributed by atoms with Gasteiger partial charge in [-0.15, -0.1) is 0 Å². The number of hydrogen-bond donors (Lipinski definition) is 1. The van der Waals surface area contributed by atoms with Crippen LogP contribution in [0.1, 0.15) is 174 Å². The van der Waals surface area contributed by atoms with Gasteiger partial charge >= 0.3 is 0 Å². The Morgan fingerprint density at radius 1 is 0.379 bits per heavy atom. The molecule has 176 valence electrons. The van der Waals surface area contributed by atoms with Gasteiger partial charge in [0.15, 0.2) is 0 Å². The lowest BCUT2D eigenvalue weighted by Crippen LogP contribution is -1.98. The second kappa shape index (κ2) is 26.0. The Morgan fingerprint density at radius 2 is 0.586 bits per heavy atom. The average molecular weight is 411 g/mol. The summed E-state index contributed by atoms with van der Waals surface area (Å²) < 4.78 is 0. The molecule has 0 saturated carbocycles. The molecule has 0 amide bonds. The molecule has 0 aliphatic heterocycles. The van der Waals surface area contributed by atoms with E-state index in [1.165, 1.54) is 154 Å². The van der Waals surface area contributed by atoms with Crippen LogP contribution in [0, 0.1) is 0 Å². The molecule has 0 bridgehead atoms. The fraction of sp³-hybridized carbons (Fsp3) is 1.00. The lowest BCUT2D eigenvalue weighted by atomic mass is 10.0. The van der Waals surface area contributed by atoms with E-state index in [-0.39, 0.29) is 6.10 Å². The first-order valence-corrected chi connectivity index (χ1v) is 14.0. The maximum atomic E-state index is 9.23. The second-order valence-electron chi connectivity index (χ2n) is 9.77. The van der Waals surface area contributed by atoms with Gasteiger partial charge in [0.25, 0.3) is 0 Å². The summed E-state index contributed by atoms with van der Waals surface area (Å²) >= 11 is 0. The van der Waals surface area contributed by atoms with E-state index in [9.17, 15) is 5.11 Å². The highest BCUT2D eigenvalue weighted by Gasteiger charge is 1.97. The van der Waals surface area contributed by atoms with Gasteiger partial charge in [-0.05, 0) is 13.3 Å². The average Bonchev–Trinajstić information content (AvgIpc) is 2.71. The lowest BCUT2D eigenvalue weighted by Gasteiger charge is -2.05. The molecule has 1 nitrogen and oxygen atoms in total. The zero-order valence-corrected chi connectivity index (χ0v) is 20.7. The summed E-state index contributed by atoms with van der Waals surface area (Å²) in [7, 11) is 0. The number of aliphatic hydroxyl groups is 1. The maximum Gasteiger partial charge on any atom is 0.0512 e. The Labute approximate surface area is 185 Å². The summed E-state index contributed by atoms with van der Waals surface area (Å²) in [6, 6.07) is 0. The molecular weight excluding hydrogens is 352 g/mol. The Balaban J connectivity index is 2.98. The second-order valence-corrected chi connectivity index (χ2v) is 9.77. The molecular formula is C28H58O. The van der Waals surface area contributed by atoms with Crippen molar-refractivity contribution in [3.05, 3.63) is 0 Å². The first-order valence-electron chi connectivity index (χ1n) is 14.0. The zero-order chi connectivity index (χ0) is 21.3. The molecule has 1 atom stereocenters. The molecule has 0 spiro atoms. The molecule has 0 aromatic carbocycles. The largest absolute Gasteiger partial charge is 0.393 e. The number of unbranched alkanes of at least 4 members (excludes halogenated alkanes) is 23. The molecule has 0 heterocycles. The van der Waals surface area contributed by atoms with Gasteiger partial charge < -0.3 is 5.11 Å². The minimum atomic E-state index is -0.102. The fourth-order valence-electron chi connectivity index (χ4n) is 4.40. The van der Waals surface area contributed by atoms with Crippen LogP contribution in [0.5, 0.6) is 0 Å². The van der Waals surface area contributed by atoms with Crippen molar-refractivity contribution in [2.45, 2.75) is 180 Å². The van der Waals surface area contributed by atoms with Gasteiger partial charge in [-0.2, -0.15) is 0 Å². The van der Waals surface area contributed by atoms with E-state index < -0.39 is 0 Å². The van der Waals surface area contributed by atoms with Crippen LogP contribution in [0.3, 0.4) is 0 Å². The normalized spacial score (nSPS) is 12.5. The van der Waals surface area contributed by atoms with Crippen molar-refractivity contribution in [2.75, 3.05) is 0 Å². The predicted octanol–water partition coefficient (Wildman–Crippen LogP) is 10.1. The van der Waals surface area contributed by atoms with Gasteiger partial charge in [0.2, 0.25) is 0 Å². The van der Waals surface area contributed by atoms with Crippen LogP contribution in [-0.2, 0) is 0 Å². The predicted molar refractivity (Wildman–Crippen MR) is 133 cm³/mol. The molecule has 29 heavy (non-hydrogen) atoms. The van der Waals surface area contributed by atoms with Crippen molar-refractivity contribution in [1.29, 1.82) is 0 Å². The SMILES string of the molecule is CCCCCCCCCCCCCCCCCCCCCCCCCCC(C)O. The Kier molecular flexibility index (Phi) is 26.0. The number of aliphatic hydroxyl groups excluding tert-OH is 1. The van der Waals surface area contributed by atoms with Crippen LogP contribution in [0.25, 0.3) is 0 Å². The van der Waals surface area contributed by atoms with Crippen molar-refractivity contribution < 1.29 is 5.11 Å². The number of hydrogen-bond acceptors (Lipinski definition) is 1. The third-order valence-corrected chi connectivity index (χ3v) is 6.48. The van der Waals surface area contributed by atoms with Crippen LogP contribution >= 0.6 is 0 Å². The van der Waals surface area contributed by atoms with Crippen molar-refractivity contribution >= 4 is 0 Å². The first-order chi connectivity index (χ1) is 14.3. The summed E-state index contributed by atoms with van der Waals surface area (Å²) in [4.78, 5) is 0. The van der Waals surface area contributed by atoms with E-state index in [2.05, 4.69) is 6.92 Å². The Morgan fingerprint density at radius 3 is 0.793 bits per heavy atom. The molecule has 0 aliphatic rings. The summed E-state index contributed by atoms with van der Waals surface area (Å²) in [6.07, 6.45) is 35.4. The highest BCUT2D eigenvalue weighted by Crippen LogP contribution is 2.15. The molecule has 0 aromatic heterocycles. The van der Waals surface area contributed by atoms with Gasteiger partial charge in [0.1, 0.15) is 0 Å². The smallest absolute Gasteiger partial charge is 0.0512 e. The molecule has 0 radical (unpaired) electrons. The highest BCUT2D eigenvalue weighted by atomic mass is 16.3. The lowest BCUT2D eigenvalue weighted by molar-refractivity contribution is 0.180. The summed E-state index contributed by atoms with van der Waals surface area (Å²) in [5.41, 5.74) is 0. The van der Waals surface area contributed by atoms with Crippen molar-refractivity contribution in [3.63, 3.8) is 0 Å². The minimum Gasteiger partial charge on any atom is -0.393 e. The molecule has 1 heteroatoms. The van der Waals surface area contributed by atoms with E-state index in [1.807, 2.05) is 6.92 Å². The van der Waals surface area contributed by atoms with Crippen LogP contribution in [0.4, 0.5) is 0 Å². The molecule has 1 unspecified atom stereocenters. The summed E-state index contributed by atoms with van der Waals surface area (Å²) in [6.45, 7) is 4.20. The molecule has 1 N–H and O–H groups in total. The van der Waals surface area contributed by atoms with Gasteiger partial charge in [-0.25, -0.2) is 0 Å². The summed E-state index contributed by atoms with van der Waals surface area (Å²) in [5, 5.41) is 9.23. The third-order valence-electron chi connectivity index (χ3n) is 6.48. The van der Waals surface area contributed by atoms with Crippen molar-refractivity contribution in [2.24, 2.45) is 0 Å². The Bertz CT molecular complexity index is 273. The zero-order valence-electron chi connectivity index (χ0n) is 20.7. The number of rotatable bonds is 25. The first kappa shape index (κ1) is 29.0. The maximum absolute atomic E-state index is 9.23. The molecule has 0 saturated heterocycles. The van der Waals surface area contributed by atoms with Crippen LogP contribution < -0.4 is 0 Å². The molecule has 0 rings (SSSR count). The molecule has 0 aromatic rings. The third kappa shape index (κ3) is 28.0. The van der Waals surface area contributed by atoms with E-state index in [0.29, 0.717) is 0 Å². The van der Waals surface area contributed by atoms with Crippen molar-refractivity contribution in [1.82, 2.24) is 0 Å². The van der Waals surface area contributed by atoms with Crippen molar-refractivity contribution in [3.8, 4) is 0 Å². The van der Waals surface area contributed by atoms with E-state index >= 15 is 0 Å². The summed E-state index contributed by atoms with van der Waals surface area (Å²) in [5.74, 6) is 0. The molecule has 0 aliphatic carbocycles. The van der Waals surface area contributed by atoms with E-state index in [0.717, 1.165) is 6.42 Å². The van der Waals surface area contributed by atoms with Gasteiger partial charge in [-0.3, -0.25) is 0 Å². The fourth-order valence-corrected chi connectivity index (χ4v) is 4.40. The van der Waals surface area contributed by atoms with Gasteiger partial charge in [0, 0.05) is 0 Å². The van der Waals surface area contributed by atoms with Crippen LogP contribution in [0.2, 0.25) is 0 Å². The monoisotopic (exact) mass is 410 g/mol. The minimum absolute atomic E-state index is 0.102. The highest BCUT2D eigenvalue weighted by molar-refractivity contribution is 4.52. The van der Waals surface area contributed by atoms with Gasteiger partial charge in [0.05, 0.1) is 6.10 Å². The van der Waals surface area contributed by atoms with Gasteiger partial charge in [-0.1, -0.05) is 161 Å².